The number of nitrogens with zero attached hydrogens (tertiary/aromatic N) is 2. The molecule has 75 heavy (non-hydrogen) atoms. The molecule has 0 radical (unpaired) electrons. The fourth-order valence-electron chi connectivity index (χ4n) is 9.68. The van der Waals surface area contributed by atoms with Gasteiger partial charge in [-0.1, -0.05) is 72.8 Å². The number of hydrogen-bond acceptors (Lipinski definition) is 14. The van der Waals surface area contributed by atoms with Gasteiger partial charge in [0.2, 0.25) is 17.7 Å². The molecule has 6 aromatic rings. The molecule has 1 saturated heterocycles. The first kappa shape index (κ1) is 54.3. The molecule has 0 spiro atoms. The normalized spacial score (nSPS) is 21.0. The van der Waals surface area contributed by atoms with Gasteiger partial charge in [-0.15, -0.1) is 11.8 Å². The Bertz CT molecular complexity index is 3030. The number of halogens is 4. The number of hydrogen-bond donors (Lipinski definition) is 2. The zero-order valence-electron chi connectivity index (χ0n) is 40.6. The topological polar surface area (TPSA) is 155 Å². The van der Waals surface area contributed by atoms with Gasteiger partial charge < -0.3 is 29.6 Å². The lowest BCUT2D eigenvalue weighted by molar-refractivity contribution is -0.133. The Kier molecular flexibility index (Phi) is 17.9. The maximum Gasteiger partial charge on any atom is 0.513 e. The van der Waals surface area contributed by atoms with Crippen molar-refractivity contribution in [1.29, 1.82) is 0 Å². The van der Waals surface area contributed by atoms with Crippen LogP contribution in [0, 0.1) is 23.5 Å². The average molecular weight is 1130 g/mol. The van der Waals surface area contributed by atoms with E-state index in [1.54, 1.807) is 19.1 Å². The van der Waals surface area contributed by atoms with Crippen molar-refractivity contribution in [3.05, 3.63) is 161 Å². The molecule has 2 saturated carbocycles. The zero-order chi connectivity index (χ0) is 52.5. The summed E-state index contributed by atoms with van der Waals surface area (Å²) in [6.07, 6.45) is 8.69. The number of thioether (sulfide) groups is 2. The molecule has 4 aromatic heterocycles. The summed E-state index contributed by atoms with van der Waals surface area (Å²) in [7, 11) is 0. The first-order chi connectivity index (χ1) is 36.3. The summed E-state index contributed by atoms with van der Waals surface area (Å²) < 4.78 is 49.9. The van der Waals surface area contributed by atoms with Crippen LogP contribution in [0.5, 0.6) is 11.8 Å². The SMILES string of the molecule is CCOC(=O)OC1=C(Sc2ccc(F)cc2Cl)C(=O)NC(c2ccsc2)(c2cccc(OCC3CCCC3)n2)C1.O=C1CC(c2ccsc2)(c2cccc(OCC3CCCC3)n2)NC(=O)C1Sc1ccc(F)cc1Cl. The number of carbonyl (C=O) groups excluding carboxylic acids is 4. The molecule has 2 aromatic carbocycles. The predicted octanol–water partition coefficient (Wildman–Crippen LogP) is 13.4. The molecular weight excluding hydrogens is 1080 g/mol. The number of piperidine rings is 1. The molecule has 3 unspecified atom stereocenters. The van der Waals surface area contributed by atoms with E-state index < -0.39 is 45.9 Å². The van der Waals surface area contributed by atoms with E-state index in [-0.39, 0.29) is 45.9 Å². The largest absolute Gasteiger partial charge is 0.513 e. The van der Waals surface area contributed by atoms with Crippen LogP contribution in [0.3, 0.4) is 0 Å². The van der Waals surface area contributed by atoms with Crippen LogP contribution in [-0.2, 0) is 34.9 Å². The molecule has 6 heterocycles. The smallest absolute Gasteiger partial charge is 0.477 e. The number of nitrogens with one attached hydrogen (secondary N) is 2. The minimum Gasteiger partial charge on any atom is -0.477 e. The molecule has 2 aliphatic carbocycles. The molecule has 10 rings (SSSR count). The maximum absolute atomic E-state index is 13.8. The van der Waals surface area contributed by atoms with E-state index in [9.17, 15) is 28.0 Å². The second-order valence-corrected chi connectivity index (χ2v) is 23.1. The van der Waals surface area contributed by atoms with Crippen molar-refractivity contribution in [3.8, 4) is 11.8 Å². The van der Waals surface area contributed by atoms with Crippen molar-refractivity contribution in [2.45, 2.75) is 97.3 Å². The Morgan fingerprint density at radius 2 is 1.25 bits per heavy atom. The van der Waals surface area contributed by atoms with E-state index in [4.69, 9.17) is 52.1 Å². The van der Waals surface area contributed by atoms with Crippen molar-refractivity contribution in [1.82, 2.24) is 20.6 Å². The number of ketones is 1. The summed E-state index contributed by atoms with van der Waals surface area (Å²) in [5.74, 6) is -0.0631. The van der Waals surface area contributed by atoms with Gasteiger partial charge >= 0.3 is 6.16 Å². The predicted molar refractivity (Wildman–Crippen MR) is 288 cm³/mol. The molecule has 0 bridgehead atoms. The number of amides is 2. The van der Waals surface area contributed by atoms with Gasteiger partial charge in [0, 0.05) is 34.8 Å². The number of thiophene rings is 2. The minimum atomic E-state index is -1.15. The molecule has 20 heteroatoms. The Balaban J connectivity index is 0.000000185. The third-order valence-electron chi connectivity index (χ3n) is 13.5. The average Bonchev–Trinajstić information content (AvgIpc) is 4.27. The van der Waals surface area contributed by atoms with Crippen LogP contribution in [0.15, 0.2) is 127 Å². The van der Waals surface area contributed by atoms with Gasteiger partial charge in [-0.05, 0) is 138 Å². The summed E-state index contributed by atoms with van der Waals surface area (Å²) in [6, 6.07) is 22.5. The number of Topliss-reactive ketones (excluding diaryl/α,β-unsaturated/α-hetero) is 1. The molecule has 2 aliphatic heterocycles. The number of benzene rings is 2. The Labute approximate surface area is 459 Å². The van der Waals surface area contributed by atoms with E-state index >= 15 is 0 Å². The molecule has 2 N–H and O–H groups in total. The number of aromatic nitrogens is 2. The van der Waals surface area contributed by atoms with Gasteiger partial charge in [-0.3, -0.25) is 14.4 Å². The van der Waals surface area contributed by atoms with Crippen LogP contribution in [0.25, 0.3) is 0 Å². The summed E-state index contributed by atoms with van der Waals surface area (Å²) >= 11 is 17.4. The van der Waals surface area contributed by atoms with Crippen LogP contribution in [0.4, 0.5) is 13.6 Å². The Hall–Kier alpha value is -5.50. The van der Waals surface area contributed by atoms with Gasteiger partial charge in [0.05, 0.1) is 41.3 Å². The summed E-state index contributed by atoms with van der Waals surface area (Å²) in [5.41, 5.74) is 0.433. The van der Waals surface area contributed by atoms with Crippen LogP contribution in [-0.4, -0.2) is 58.8 Å². The van der Waals surface area contributed by atoms with E-state index in [1.165, 1.54) is 91.5 Å². The zero-order valence-corrected chi connectivity index (χ0v) is 45.4. The standard InChI is InChI=1S/C29H28ClFN2O5S2.C26H24ClFN2O3S2/c1-2-36-28(35)38-22-15-29(19-12-13-39-17-19,24-8-5-9-25(32-24)37-16-18-6-3-4-7-18)33-27(34)26(22)40-23-11-10-20(31)14-21(23)30;27-19-12-18(28)8-9-21(19)35-24-20(31)13-26(30-25(24)32,17-10-11-34-15-17)22-6-3-7-23(29-22)33-14-16-4-1-2-5-16/h5,8-14,17-18H,2-4,6-7,15-16H2,1H3,(H,33,34);3,6-12,15-16,24H,1-2,4-5,13-14H2,(H,30,32). The van der Waals surface area contributed by atoms with Gasteiger partial charge in [0.1, 0.15) is 38.6 Å². The van der Waals surface area contributed by atoms with E-state index in [0.29, 0.717) is 58.0 Å². The van der Waals surface area contributed by atoms with Gasteiger partial charge in [0.25, 0.3) is 5.91 Å². The second-order valence-electron chi connectivity index (χ2n) is 18.5. The van der Waals surface area contributed by atoms with Gasteiger partial charge in [-0.2, -0.15) is 22.7 Å². The highest BCUT2D eigenvalue weighted by molar-refractivity contribution is 8.04. The minimum absolute atomic E-state index is 0.0328. The van der Waals surface area contributed by atoms with Crippen molar-refractivity contribution in [2.75, 3.05) is 19.8 Å². The lowest BCUT2D eigenvalue weighted by atomic mass is 9.79. The maximum atomic E-state index is 13.8. The quantitative estimate of drug-likeness (QED) is 0.0700. The summed E-state index contributed by atoms with van der Waals surface area (Å²) in [4.78, 5) is 63.6. The molecular formula is C55H52Cl2F2N4O8S4. The lowest BCUT2D eigenvalue weighted by Crippen LogP contribution is -2.58. The third kappa shape index (κ3) is 12.9. The van der Waals surface area contributed by atoms with Crippen molar-refractivity contribution in [2.24, 2.45) is 11.8 Å². The van der Waals surface area contributed by atoms with Crippen LogP contribution >= 0.6 is 69.4 Å². The Morgan fingerprint density at radius 1 is 0.720 bits per heavy atom. The van der Waals surface area contributed by atoms with E-state index in [1.807, 2.05) is 57.9 Å². The van der Waals surface area contributed by atoms with Crippen LogP contribution in [0.1, 0.15) is 93.6 Å². The summed E-state index contributed by atoms with van der Waals surface area (Å²) in [5, 5.41) is 13.2. The van der Waals surface area contributed by atoms with Crippen molar-refractivity contribution < 1.29 is 46.9 Å². The van der Waals surface area contributed by atoms with E-state index in [2.05, 4.69) is 10.6 Å². The first-order valence-electron chi connectivity index (χ1n) is 24.6. The molecule has 4 aliphatic rings. The fraction of sp³-hybridized carbons (Fsp3) is 0.345. The lowest BCUT2D eigenvalue weighted by Gasteiger charge is -2.39. The Morgan fingerprint density at radius 3 is 1.75 bits per heavy atom. The molecule has 392 valence electrons. The number of pyridine rings is 2. The number of carbonyl (C=O) groups is 4. The van der Waals surface area contributed by atoms with E-state index in [0.717, 1.165) is 53.6 Å². The molecule has 3 fully saturated rings. The van der Waals surface area contributed by atoms with Gasteiger partial charge in [0.15, 0.2) is 5.78 Å². The summed E-state index contributed by atoms with van der Waals surface area (Å²) in [6.45, 7) is 2.96. The number of rotatable bonds is 16. The monoisotopic (exact) mass is 1130 g/mol. The highest BCUT2D eigenvalue weighted by atomic mass is 35.5. The number of ether oxygens (including phenoxy) is 4. The molecule has 3 atom stereocenters. The third-order valence-corrected chi connectivity index (χ3v) is 18.2. The first-order valence-corrected chi connectivity index (χ1v) is 28.9. The van der Waals surface area contributed by atoms with Crippen molar-refractivity contribution in [3.63, 3.8) is 0 Å². The highest BCUT2D eigenvalue weighted by Crippen LogP contribution is 2.46. The van der Waals surface area contributed by atoms with Gasteiger partial charge in [-0.25, -0.2) is 23.5 Å². The second kappa shape index (κ2) is 24.7. The van der Waals surface area contributed by atoms with Crippen molar-refractivity contribution >= 4 is 93.2 Å². The fourth-order valence-corrected chi connectivity index (χ4v) is 13.6. The molecule has 12 nitrogen and oxygen atoms in total. The highest BCUT2D eigenvalue weighted by Gasteiger charge is 2.49. The van der Waals surface area contributed by atoms with Crippen LogP contribution in [0.2, 0.25) is 10.0 Å². The molecule has 2 amide bonds. The van der Waals surface area contributed by atoms with Crippen LogP contribution < -0.4 is 20.1 Å².